The molecule has 29 heavy (non-hydrogen) atoms. The van der Waals surface area contributed by atoms with Gasteiger partial charge in [-0.1, -0.05) is 53.7 Å². The Morgan fingerprint density at radius 1 is 1.00 bits per heavy atom. The average Bonchev–Trinajstić information content (AvgIpc) is 3.22. The lowest BCUT2D eigenvalue weighted by Crippen LogP contribution is -2.17. The minimum absolute atomic E-state index is 0.189. The highest BCUT2D eigenvalue weighted by Gasteiger charge is 2.14. The zero-order chi connectivity index (χ0) is 20.1. The van der Waals surface area contributed by atoms with Gasteiger partial charge in [0.1, 0.15) is 0 Å². The molecule has 1 heterocycles. The lowest BCUT2D eigenvalue weighted by Gasteiger charge is -2.11. The van der Waals surface area contributed by atoms with Crippen LogP contribution in [-0.4, -0.2) is 25.0 Å². The maximum absolute atomic E-state index is 12.3. The molecule has 0 saturated heterocycles. The smallest absolute Gasteiger partial charge is 0.265 e. The molecule has 1 N–H and O–H groups in total. The number of rotatable bonds is 6. The quantitative estimate of drug-likeness (QED) is 0.500. The largest absolute Gasteiger partial charge is 0.454 e. The van der Waals surface area contributed by atoms with E-state index in [9.17, 15) is 4.79 Å². The van der Waals surface area contributed by atoms with Crippen molar-refractivity contribution in [1.29, 1.82) is 0 Å². The van der Waals surface area contributed by atoms with E-state index in [2.05, 4.69) is 10.5 Å². The van der Waals surface area contributed by atoms with E-state index in [0.29, 0.717) is 17.2 Å². The molecule has 6 nitrogen and oxygen atoms in total. The number of amides is 1. The van der Waals surface area contributed by atoms with Gasteiger partial charge >= 0.3 is 0 Å². The van der Waals surface area contributed by atoms with Crippen LogP contribution in [0.1, 0.15) is 12.5 Å². The van der Waals surface area contributed by atoms with Gasteiger partial charge in [0, 0.05) is 16.8 Å². The first-order chi connectivity index (χ1) is 14.2. The molecule has 0 saturated carbocycles. The maximum atomic E-state index is 12.3. The molecule has 6 heteroatoms. The molecule has 0 radical (unpaired) electrons. The zero-order valence-corrected chi connectivity index (χ0v) is 15.9. The second-order valence-corrected chi connectivity index (χ2v) is 6.48. The van der Waals surface area contributed by atoms with Crippen molar-refractivity contribution in [3.63, 3.8) is 0 Å². The molecule has 1 aliphatic rings. The van der Waals surface area contributed by atoms with E-state index in [4.69, 9.17) is 14.3 Å². The summed E-state index contributed by atoms with van der Waals surface area (Å²) in [6.07, 6.45) is 0. The topological polar surface area (TPSA) is 69.2 Å². The fraction of sp³-hybridized carbons (Fsp3) is 0.130. The number of carbonyl (C=O) groups excluding carboxylic acids is 1. The Balaban J connectivity index is 1.38. The molecule has 0 atom stereocenters. The Morgan fingerprint density at radius 2 is 1.76 bits per heavy atom. The molecule has 3 aromatic carbocycles. The fourth-order valence-corrected chi connectivity index (χ4v) is 3.01. The number of nitrogens with one attached hydrogen (secondary N) is 1. The number of carbonyl (C=O) groups is 1. The molecule has 3 aromatic rings. The van der Waals surface area contributed by atoms with Gasteiger partial charge in [-0.15, -0.1) is 0 Å². The van der Waals surface area contributed by atoms with E-state index in [1.54, 1.807) is 6.92 Å². The van der Waals surface area contributed by atoms with E-state index in [0.717, 1.165) is 22.4 Å². The monoisotopic (exact) mass is 388 g/mol. The summed E-state index contributed by atoms with van der Waals surface area (Å²) >= 11 is 0. The van der Waals surface area contributed by atoms with E-state index < -0.39 is 0 Å². The molecular weight excluding hydrogens is 368 g/mol. The van der Waals surface area contributed by atoms with Gasteiger partial charge in [-0.2, -0.15) is 0 Å². The van der Waals surface area contributed by atoms with Crippen LogP contribution in [0.25, 0.3) is 11.1 Å². The normalized spacial score (nSPS) is 12.5. The summed E-state index contributed by atoms with van der Waals surface area (Å²) in [4.78, 5) is 17.6. The van der Waals surface area contributed by atoms with Gasteiger partial charge in [-0.25, -0.2) is 0 Å². The first-order valence-corrected chi connectivity index (χ1v) is 9.21. The second-order valence-electron chi connectivity index (χ2n) is 6.48. The van der Waals surface area contributed by atoms with Crippen molar-refractivity contribution < 1.29 is 19.1 Å². The minimum atomic E-state index is -0.282. The number of fused-ring (bicyclic) bond motifs is 1. The third-order valence-corrected chi connectivity index (χ3v) is 4.47. The number of nitrogens with zero attached hydrogens (tertiary/aromatic N) is 1. The second kappa shape index (κ2) is 8.48. The predicted molar refractivity (Wildman–Crippen MR) is 111 cm³/mol. The van der Waals surface area contributed by atoms with E-state index in [-0.39, 0.29) is 19.3 Å². The van der Waals surface area contributed by atoms with Crippen molar-refractivity contribution in [1.82, 2.24) is 0 Å². The van der Waals surface area contributed by atoms with Crippen LogP contribution in [0.5, 0.6) is 11.5 Å². The van der Waals surface area contributed by atoms with Gasteiger partial charge in [0.15, 0.2) is 18.1 Å². The van der Waals surface area contributed by atoms with Gasteiger partial charge in [-0.05, 0) is 36.8 Å². The molecule has 0 fully saturated rings. The lowest BCUT2D eigenvalue weighted by atomic mass is 10.0. The summed E-state index contributed by atoms with van der Waals surface area (Å²) in [5.41, 5.74) is 4.18. The highest BCUT2D eigenvalue weighted by atomic mass is 16.7. The molecule has 0 aliphatic carbocycles. The van der Waals surface area contributed by atoms with Gasteiger partial charge in [-0.3, -0.25) is 4.79 Å². The SMILES string of the molecule is C/C(=N\OCC(=O)Nc1ccccc1-c1ccccc1)c1ccc2c(c1)OCO2. The lowest BCUT2D eigenvalue weighted by molar-refractivity contribution is -0.120. The third-order valence-electron chi connectivity index (χ3n) is 4.47. The van der Waals surface area contributed by atoms with Crippen LogP contribution in [0.2, 0.25) is 0 Å². The summed E-state index contributed by atoms with van der Waals surface area (Å²) in [5, 5.41) is 6.93. The number of hydrogen-bond acceptors (Lipinski definition) is 5. The summed E-state index contributed by atoms with van der Waals surface area (Å²) < 4.78 is 10.7. The van der Waals surface area contributed by atoms with Gasteiger partial charge in [0.05, 0.1) is 5.71 Å². The standard InChI is InChI=1S/C23H20N2O4/c1-16(18-11-12-21-22(13-18)28-15-27-21)25-29-14-23(26)24-20-10-6-5-9-19(20)17-7-3-2-4-8-17/h2-13H,14-15H2,1H3,(H,24,26)/b25-16+. The Hall–Kier alpha value is -3.80. The Morgan fingerprint density at radius 3 is 2.62 bits per heavy atom. The van der Waals surface area contributed by atoms with E-state index >= 15 is 0 Å². The molecule has 0 aromatic heterocycles. The first-order valence-electron chi connectivity index (χ1n) is 9.21. The molecule has 4 rings (SSSR count). The van der Waals surface area contributed by atoms with Crippen molar-refractivity contribution in [3.8, 4) is 22.6 Å². The summed E-state index contributed by atoms with van der Waals surface area (Å²) in [7, 11) is 0. The first kappa shape index (κ1) is 18.6. The maximum Gasteiger partial charge on any atom is 0.265 e. The number of ether oxygens (including phenoxy) is 2. The van der Waals surface area contributed by atoms with Crippen LogP contribution in [0.3, 0.4) is 0 Å². The molecule has 1 aliphatic heterocycles. The molecule has 0 bridgehead atoms. The Kier molecular flexibility index (Phi) is 5.42. The van der Waals surface area contributed by atoms with Crippen LogP contribution < -0.4 is 14.8 Å². The fourth-order valence-electron chi connectivity index (χ4n) is 3.01. The number of hydrogen-bond donors (Lipinski definition) is 1. The highest BCUT2D eigenvalue weighted by Crippen LogP contribution is 2.32. The van der Waals surface area contributed by atoms with Crippen molar-refractivity contribution in [2.75, 3.05) is 18.7 Å². The summed E-state index contributed by atoms with van der Waals surface area (Å²) in [5.74, 6) is 1.10. The van der Waals surface area contributed by atoms with E-state index in [1.807, 2.05) is 72.8 Å². The van der Waals surface area contributed by atoms with Crippen molar-refractivity contribution >= 4 is 17.3 Å². The molecule has 0 unspecified atom stereocenters. The number of oxime groups is 1. The predicted octanol–water partition coefficient (Wildman–Crippen LogP) is 4.46. The summed E-state index contributed by atoms with van der Waals surface area (Å²) in [6.45, 7) is 1.83. The van der Waals surface area contributed by atoms with Crippen LogP contribution >= 0.6 is 0 Å². The van der Waals surface area contributed by atoms with Crippen LogP contribution in [0.15, 0.2) is 78.0 Å². The number of anilines is 1. The van der Waals surface area contributed by atoms with Crippen molar-refractivity contribution in [2.24, 2.45) is 5.16 Å². The Bertz CT molecular complexity index is 1050. The zero-order valence-electron chi connectivity index (χ0n) is 15.9. The number of benzene rings is 3. The molecular formula is C23H20N2O4. The average molecular weight is 388 g/mol. The van der Waals surface area contributed by atoms with Crippen LogP contribution in [-0.2, 0) is 9.63 Å². The highest BCUT2D eigenvalue weighted by molar-refractivity contribution is 5.99. The summed E-state index contributed by atoms with van der Waals surface area (Å²) in [6, 6.07) is 23.1. The minimum Gasteiger partial charge on any atom is -0.454 e. The van der Waals surface area contributed by atoms with Crippen molar-refractivity contribution in [2.45, 2.75) is 6.92 Å². The van der Waals surface area contributed by atoms with Crippen molar-refractivity contribution in [3.05, 3.63) is 78.4 Å². The van der Waals surface area contributed by atoms with Crippen LogP contribution in [0.4, 0.5) is 5.69 Å². The van der Waals surface area contributed by atoms with E-state index in [1.165, 1.54) is 0 Å². The molecule has 146 valence electrons. The molecule has 0 spiro atoms. The number of para-hydroxylation sites is 1. The van der Waals surface area contributed by atoms with Gasteiger partial charge < -0.3 is 19.6 Å². The van der Waals surface area contributed by atoms with Gasteiger partial charge in [0.2, 0.25) is 6.79 Å². The third kappa shape index (κ3) is 4.38. The van der Waals surface area contributed by atoms with Crippen LogP contribution in [0, 0.1) is 0 Å². The molecule has 1 amide bonds. The van der Waals surface area contributed by atoms with Gasteiger partial charge in [0.25, 0.3) is 5.91 Å². The Labute approximate surface area is 168 Å².